The summed E-state index contributed by atoms with van der Waals surface area (Å²) >= 11 is 0. The van der Waals surface area contributed by atoms with Gasteiger partial charge in [0, 0.05) is 25.4 Å². The van der Waals surface area contributed by atoms with Gasteiger partial charge in [-0.1, -0.05) is 0 Å². The molecular formula is C18H22FN3O4. The molecule has 140 valence electrons. The van der Waals surface area contributed by atoms with E-state index < -0.39 is 24.1 Å². The minimum atomic E-state index is -0.555. The Morgan fingerprint density at radius 1 is 1.42 bits per heavy atom. The van der Waals surface area contributed by atoms with Crippen molar-refractivity contribution in [1.82, 2.24) is 5.32 Å². The van der Waals surface area contributed by atoms with Crippen LogP contribution < -0.4 is 15.1 Å². The summed E-state index contributed by atoms with van der Waals surface area (Å²) in [5.74, 6) is -0.623. The van der Waals surface area contributed by atoms with Crippen LogP contribution in [0.5, 0.6) is 0 Å². The number of hydrogen-bond acceptors (Lipinski definition) is 5. The third-order valence-corrected chi connectivity index (χ3v) is 5.53. The molecule has 4 rings (SSSR count). The maximum Gasteiger partial charge on any atom is 0.414 e. The van der Waals surface area contributed by atoms with E-state index in [0.717, 1.165) is 12.8 Å². The Hall–Kier alpha value is -2.35. The Labute approximate surface area is 150 Å². The fourth-order valence-electron chi connectivity index (χ4n) is 3.80. The van der Waals surface area contributed by atoms with Gasteiger partial charge in [-0.25, -0.2) is 9.18 Å². The van der Waals surface area contributed by atoms with Crippen molar-refractivity contribution in [3.63, 3.8) is 0 Å². The number of benzene rings is 1. The predicted molar refractivity (Wildman–Crippen MR) is 92.6 cm³/mol. The standard InChI is InChI=1S/C18H22FN3O4/c1-11(23)20-7-13-8-22(17(25)26-13)12-2-3-15(14(19)6-12)21-9-16(24)18(10-21)4-5-18/h2-3,6,13,16,24H,4-5,7-10H2,1H3,(H,20,23)/t13-,16?/m0/s1. The number of aliphatic hydroxyl groups is 1. The van der Waals surface area contributed by atoms with Crippen molar-refractivity contribution in [3.8, 4) is 0 Å². The molecule has 1 aromatic carbocycles. The van der Waals surface area contributed by atoms with Gasteiger partial charge in [-0.2, -0.15) is 0 Å². The fourth-order valence-corrected chi connectivity index (χ4v) is 3.80. The van der Waals surface area contributed by atoms with Crippen LogP contribution in [0.1, 0.15) is 19.8 Å². The first-order valence-corrected chi connectivity index (χ1v) is 8.83. The van der Waals surface area contributed by atoms with E-state index in [1.165, 1.54) is 17.9 Å². The molecule has 1 spiro atoms. The van der Waals surface area contributed by atoms with Gasteiger partial charge in [0.1, 0.15) is 11.9 Å². The molecule has 2 N–H and O–H groups in total. The predicted octanol–water partition coefficient (Wildman–Crippen LogP) is 1.25. The second-order valence-corrected chi connectivity index (χ2v) is 7.45. The molecule has 2 aliphatic heterocycles. The van der Waals surface area contributed by atoms with E-state index in [2.05, 4.69) is 5.32 Å². The van der Waals surface area contributed by atoms with Crippen molar-refractivity contribution >= 4 is 23.4 Å². The molecule has 1 saturated carbocycles. The minimum Gasteiger partial charge on any atom is -0.442 e. The van der Waals surface area contributed by atoms with Gasteiger partial charge in [0.05, 0.1) is 30.6 Å². The van der Waals surface area contributed by atoms with Crippen LogP contribution in [0.15, 0.2) is 18.2 Å². The van der Waals surface area contributed by atoms with Gasteiger partial charge in [0.25, 0.3) is 0 Å². The second-order valence-electron chi connectivity index (χ2n) is 7.45. The van der Waals surface area contributed by atoms with Gasteiger partial charge < -0.3 is 20.1 Å². The Morgan fingerprint density at radius 2 is 2.19 bits per heavy atom. The average Bonchev–Trinajstić information content (AvgIpc) is 3.16. The lowest BCUT2D eigenvalue weighted by Crippen LogP contribution is -2.33. The number of carbonyl (C=O) groups excluding carboxylic acids is 2. The zero-order valence-corrected chi connectivity index (χ0v) is 14.6. The van der Waals surface area contributed by atoms with Crippen molar-refractivity contribution < 1.29 is 23.8 Å². The van der Waals surface area contributed by atoms with Crippen molar-refractivity contribution in [2.24, 2.45) is 5.41 Å². The number of nitrogens with zero attached hydrogens (tertiary/aromatic N) is 2. The summed E-state index contributed by atoms with van der Waals surface area (Å²) in [4.78, 5) is 26.3. The molecule has 0 radical (unpaired) electrons. The number of ether oxygens (including phenoxy) is 1. The lowest BCUT2D eigenvalue weighted by Gasteiger charge is -2.21. The molecular weight excluding hydrogens is 341 g/mol. The lowest BCUT2D eigenvalue weighted by atomic mass is 10.0. The number of halogens is 1. The molecule has 0 bridgehead atoms. The Morgan fingerprint density at radius 3 is 2.81 bits per heavy atom. The van der Waals surface area contributed by atoms with E-state index in [9.17, 15) is 19.1 Å². The number of nitrogens with one attached hydrogen (secondary N) is 1. The van der Waals surface area contributed by atoms with Crippen LogP contribution in [-0.2, 0) is 9.53 Å². The zero-order chi connectivity index (χ0) is 18.5. The third kappa shape index (κ3) is 2.98. The number of cyclic esters (lactones) is 1. The van der Waals surface area contributed by atoms with E-state index in [1.54, 1.807) is 12.1 Å². The fraction of sp³-hybridized carbons (Fsp3) is 0.556. The molecule has 7 nitrogen and oxygen atoms in total. The summed E-state index contributed by atoms with van der Waals surface area (Å²) in [6.07, 6.45) is 0.544. The molecule has 2 heterocycles. The molecule has 1 aromatic rings. The largest absolute Gasteiger partial charge is 0.442 e. The van der Waals surface area contributed by atoms with Crippen LogP contribution in [0, 0.1) is 11.2 Å². The summed E-state index contributed by atoms with van der Waals surface area (Å²) in [5, 5.41) is 12.8. The van der Waals surface area contributed by atoms with Crippen molar-refractivity contribution in [1.29, 1.82) is 0 Å². The number of amides is 2. The summed E-state index contributed by atoms with van der Waals surface area (Å²) in [6.45, 7) is 2.97. The van der Waals surface area contributed by atoms with Gasteiger partial charge in [0.2, 0.25) is 5.91 Å². The van der Waals surface area contributed by atoms with Crippen molar-refractivity contribution in [3.05, 3.63) is 24.0 Å². The summed E-state index contributed by atoms with van der Waals surface area (Å²) < 4.78 is 19.9. The van der Waals surface area contributed by atoms with E-state index in [4.69, 9.17) is 4.74 Å². The first-order valence-electron chi connectivity index (χ1n) is 8.83. The Bertz CT molecular complexity index is 752. The van der Waals surface area contributed by atoms with Crippen molar-refractivity contribution in [2.75, 3.05) is 36.0 Å². The van der Waals surface area contributed by atoms with Gasteiger partial charge in [-0.15, -0.1) is 0 Å². The first-order chi connectivity index (χ1) is 12.4. The highest BCUT2D eigenvalue weighted by atomic mass is 19.1. The first kappa shape index (κ1) is 17.1. The van der Waals surface area contributed by atoms with Crippen LogP contribution in [0.2, 0.25) is 0 Å². The molecule has 1 aliphatic carbocycles. The zero-order valence-electron chi connectivity index (χ0n) is 14.6. The van der Waals surface area contributed by atoms with Gasteiger partial charge in [-0.3, -0.25) is 9.69 Å². The van der Waals surface area contributed by atoms with Crippen LogP contribution in [-0.4, -0.2) is 55.5 Å². The van der Waals surface area contributed by atoms with E-state index >= 15 is 0 Å². The maximum atomic E-state index is 14.7. The van der Waals surface area contributed by atoms with Crippen LogP contribution in [0.25, 0.3) is 0 Å². The highest BCUT2D eigenvalue weighted by molar-refractivity contribution is 5.90. The number of anilines is 2. The van der Waals surface area contributed by atoms with Crippen LogP contribution in [0.3, 0.4) is 0 Å². The number of carbonyl (C=O) groups is 2. The lowest BCUT2D eigenvalue weighted by molar-refractivity contribution is -0.119. The molecule has 26 heavy (non-hydrogen) atoms. The third-order valence-electron chi connectivity index (χ3n) is 5.53. The maximum absolute atomic E-state index is 14.7. The second kappa shape index (κ2) is 6.12. The van der Waals surface area contributed by atoms with E-state index in [-0.39, 0.29) is 24.4 Å². The number of rotatable bonds is 4. The Balaban J connectivity index is 1.46. The molecule has 0 aromatic heterocycles. The molecule has 2 saturated heterocycles. The van der Waals surface area contributed by atoms with Crippen LogP contribution >= 0.6 is 0 Å². The molecule has 3 fully saturated rings. The molecule has 1 unspecified atom stereocenters. The average molecular weight is 363 g/mol. The summed E-state index contributed by atoms with van der Waals surface area (Å²) in [7, 11) is 0. The monoisotopic (exact) mass is 363 g/mol. The molecule has 3 aliphatic rings. The topological polar surface area (TPSA) is 82.1 Å². The highest BCUT2D eigenvalue weighted by Crippen LogP contribution is 2.53. The number of aliphatic hydroxyl groups excluding tert-OH is 1. The number of hydrogen-bond donors (Lipinski definition) is 2. The normalized spacial score (nSPS) is 26.3. The van der Waals surface area contributed by atoms with E-state index in [0.29, 0.717) is 24.5 Å². The van der Waals surface area contributed by atoms with Gasteiger partial charge in [-0.05, 0) is 31.0 Å². The van der Waals surface area contributed by atoms with E-state index in [1.807, 2.05) is 4.90 Å². The molecule has 2 atom stereocenters. The number of β-amino-alcohol motifs (C(OH)–C–C–N with tert-alkyl or cyclic N) is 1. The summed E-state index contributed by atoms with van der Waals surface area (Å²) in [5.41, 5.74) is 0.808. The molecule has 2 amide bonds. The van der Waals surface area contributed by atoms with Gasteiger partial charge in [0.15, 0.2) is 0 Å². The minimum absolute atomic E-state index is 0.0548. The van der Waals surface area contributed by atoms with Crippen molar-refractivity contribution in [2.45, 2.75) is 32.0 Å². The quantitative estimate of drug-likeness (QED) is 0.841. The summed E-state index contributed by atoms with van der Waals surface area (Å²) in [6, 6.07) is 4.65. The van der Waals surface area contributed by atoms with Crippen LogP contribution in [0.4, 0.5) is 20.6 Å². The molecule has 8 heteroatoms. The van der Waals surface area contributed by atoms with Gasteiger partial charge >= 0.3 is 6.09 Å². The smallest absolute Gasteiger partial charge is 0.414 e. The SMILES string of the molecule is CC(=O)NC[C@H]1CN(c2ccc(N3CC(O)C4(CC4)C3)c(F)c2)C(=O)O1. The Kier molecular flexibility index (Phi) is 4.02. The highest BCUT2D eigenvalue weighted by Gasteiger charge is 2.54.